The van der Waals surface area contributed by atoms with Crippen molar-refractivity contribution in [1.29, 1.82) is 0 Å². The van der Waals surface area contributed by atoms with E-state index in [0.29, 0.717) is 32.7 Å². The molecule has 0 saturated carbocycles. The third-order valence-corrected chi connectivity index (χ3v) is 6.25. The molecule has 1 rings (SSSR count). The predicted octanol–water partition coefficient (Wildman–Crippen LogP) is 5.16. The van der Waals surface area contributed by atoms with Gasteiger partial charge in [-0.25, -0.2) is 8.42 Å². The fourth-order valence-corrected chi connectivity index (χ4v) is 4.27. The van der Waals surface area contributed by atoms with E-state index in [1.165, 1.54) is 64.2 Å². The molecule has 2 atom stereocenters. The van der Waals surface area contributed by atoms with E-state index in [-0.39, 0.29) is 11.9 Å². The Morgan fingerprint density at radius 1 is 0.931 bits per heavy atom. The van der Waals surface area contributed by atoms with Crippen molar-refractivity contribution in [3.05, 3.63) is 0 Å². The van der Waals surface area contributed by atoms with Crippen molar-refractivity contribution in [3.8, 4) is 0 Å². The van der Waals surface area contributed by atoms with Crippen LogP contribution in [0.3, 0.4) is 0 Å². The van der Waals surface area contributed by atoms with Crippen LogP contribution in [0.5, 0.6) is 0 Å². The molecular formula is C22H43O6S-. The topological polar surface area (TPSA) is 84.9 Å². The SMILES string of the molecule is CCCCCCCCCCCCCC1(C)OCC(COCCCCS(=O)(=O)[O-])O1. The quantitative estimate of drug-likeness (QED) is 0.206. The van der Waals surface area contributed by atoms with E-state index in [0.717, 1.165) is 12.8 Å². The van der Waals surface area contributed by atoms with Crippen molar-refractivity contribution in [1.82, 2.24) is 0 Å². The van der Waals surface area contributed by atoms with E-state index < -0.39 is 15.9 Å². The molecular weight excluding hydrogens is 392 g/mol. The van der Waals surface area contributed by atoms with E-state index in [2.05, 4.69) is 6.92 Å². The second-order valence-electron chi connectivity index (χ2n) is 8.51. The summed E-state index contributed by atoms with van der Waals surface area (Å²) >= 11 is 0. The van der Waals surface area contributed by atoms with Gasteiger partial charge in [-0.3, -0.25) is 0 Å². The maximum absolute atomic E-state index is 10.5. The monoisotopic (exact) mass is 435 g/mol. The lowest BCUT2D eigenvalue weighted by Gasteiger charge is -2.23. The molecule has 0 aromatic carbocycles. The number of ether oxygens (including phenoxy) is 3. The fraction of sp³-hybridized carbons (Fsp3) is 1.00. The van der Waals surface area contributed by atoms with Gasteiger partial charge in [0.2, 0.25) is 0 Å². The fourth-order valence-electron chi connectivity index (χ4n) is 3.71. The molecule has 0 N–H and O–H groups in total. The highest BCUT2D eigenvalue weighted by Gasteiger charge is 2.36. The summed E-state index contributed by atoms with van der Waals surface area (Å²) in [5, 5.41) is 0. The smallest absolute Gasteiger partial charge is 0.166 e. The van der Waals surface area contributed by atoms with Crippen LogP contribution in [-0.4, -0.2) is 50.4 Å². The Labute approximate surface area is 178 Å². The molecule has 1 saturated heterocycles. The Morgan fingerprint density at radius 2 is 1.52 bits per heavy atom. The summed E-state index contributed by atoms with van der Waals surface area (Å²) < 4.78 is 49.0. The van der Waals surface area contributed by atoms with Gasteiger partial charge in [-0.15, -0.1) is 0 Å². The van der Waals surface area contributed by atoms with Gasteiger partial charge in [0.1, 0.15) is 6.10 Å². The summed E-state index contributed by atoms with van der Waals surface area (Å²) in [5.74, 6) is -0.833. The first-order valence-electron chi connectivity index (χ1n) is 11.7. The zero-order valence-corrected chi connectivity index (χ0v) is 19.5. The number of hydrogen-bond donors (Lipinski definition) is 0. The average molecular weight is 436 g/mol. The first kappa shape index (κ1) is 26.8. The second-order valence-corrected chi connectivity index (χ2v) is 10.0. The minimum absolute atomic E-state index is 0.0732. The van der Waals surface area contributed by atoms with Crippen LogP contribution in [0.4, 0.5) is 0 Å². The van der Waals surface area contributed by atoms with Crippen LogP contribution in [-0.2, 0) is 24.3 Å². The summed E-state index contributed by atoms with van der Waals surface area (Å²) in [4.78, 5) is 0. The van der Waals surface area contributed by atoms with Gasteiger partial charge in [-0.2, -0.15) is 0 Å². The Hall–Kier alpha value is -0.210. The standard InChI is InChI=1S/C22H44O6S/c1-3-4-5-6-7-8-9-10-11-12-13-16-22(2)27-20-21(28-22)19-26-17-14-15-18-29(23,24)25/h21H,3-20H2,1-2H3,(H,23,24,25)/p-1. The van der Waals surface area contributed by atoms with Crippen molar-refractivity contribution >= 4 is 10.1 Å². The molecule has 1 heterocycles. The highest BCUT2D eigenvalue weighted by Crippen LogP contribution is 2.29. The first-order valence-corrected chi connectivity index (χ1v) is 13.3. The molecule has 0 aromatic rings. The van der Waals surface area contributed by atoms with E-state index in [1.54, 1.807) is 0 Å². The van der Waals surface area contributed by atoms with Gasteiger partial charge in [0.25, 0.3) is 0 Å². The molecule has 0 radical (unpaired) electrons. The van der Waals surface area contributed by atoms with Gasteiger partial charge in [0.15, 0.2) is 5.79 Å². The molecule has 0 amide bonds. The Kier molecular flexibility index (Phi) is 14.4. The molecule has 0 bridgehead atoms. The van der Waals surface area contributed by atoms with Gasteiger partial charge in [-0.05, 0) is 26.2 Å². The lowest BCUT2D eigenvalue weighted by atomic mass is 10.0. The zero-order valence-electron chi connectivity index (χ0n) is 18.7. The van der Waals surface area contributed by atoms with Crippen LogP contribution >= 0.6 is 0 Å². The van der Waals surface area contributed by atoms with Crippen molar-refractivity contribution in [2.75, 3.05) is 25.6 Å². The molecule has 0 aliphatic carbocycles. The normalized spacial score (nSPS) is 22.4. The van der Waals surface area contributed by atoms with Crippen LogP contribution in [0.15, 0.2) is 0 Å². The molecule has 174 valence electrons. The molecule has 0 aromatic heterocycles. The molecule has 1 fully saturated rings. The van der Waals surface area contributed by atoms with Crippen molar-refractivity contribution < 1.29 is 27.2 Å². The average Bonchev–Trinajstić information content (AvgIpc) is 3.03. The summed E-state index contributed by atoms with van der Waals surface area (Å²) in [6.45, 7) is 5.67. The molecule has 7 heteroatoms. The van der Waals surface area contributed by atoms with E-state index in [1.807, 2.05) is 6.92 Å². The van der Waals surface area contributed by atoms with E-state index in [4.69, 9.17) is 14.2 Å². The maximum atomic E-state index is 10.5. The van der Waals surface area contributed by atoms with Gasteiger partial charge in [0, 0.05) is 18.8 Å². The van der Waals surface area contributed by atoms with Crippen molar-refractivity contribution in [2.45, 2.75) is 116 Å². The number of rotatable bonds is 19. The lowest BCUT2D eigenvalue weighted by molar-refractivity contribution is -0.164. The predicted molar refractivity (Wildman–Crippen MR) is 115 cm³/mol. The first-order chi connectivity index (χ1) is 13.8. The highest BCUT2D eigenvalue weighted by atomic mass is 32.2. The molecule has 1 aliphatic rings. The van der Waals surface area contributed by atoms with Gasteiger partial charge >= 0.3 is 0 Å². The van der Waals surface area contributed by atoms with Crippen molar-refractivity contribution in [3.63, 3.8) is 0 Å². The molecule has 1 aliphatic heterocycles. The zero-order chi connectivity index (χ0) is 21.4. The summed E-state index contributed by atoms with van der Waals surface area (Å²) in [6, 6.07) is 0. The minimum atomic E-state index is -4.12. The van der Waals surface area contributed by atoms with Crippen LogP contribution in [0, 0.1) is 0 Å². The van der Waals surface area contributed by atoms with Crippen LogP contribution in [0.1, 0.15) is 104 Å². The number of hydrogen-bond acceptors (Lipinski definition) is 6. The molecule has 6 nitrogen and oxygen atoms in total. The second kappa shape index (κ2) is 15.6. The molecule has 2 unspecified atom stereocenters. The minimum Gasteiger partial charge on any atom is -0.748 e. The maximum Gasteiger partial charge on any atom is 0.166 e. The third-order valence-electron chi connectivity index (χ3n) is 5.46. The van der Waals surface area contributed by atoms with Crippen molar-refractivity contribution in [2.24, 2.45) is 0 Å². The van der Waals surface area contributed by atoms with Crippen LogP contribution < -0.4 is 0 Å². The molecule has 0 spiro atoms. The Bertz CT molecular complexity index is 496. The Morgan fingerprint density at radius 3 is 2.10 bits per heavy atom. The van der Waals surface area contributed by atoms with E-state index in [9.17, 15) is 13.0 Å². The summed E-state index contributed by atoms with van der Waals surface area (Å²) in [6.07, 6.45) is 16.3. The largest absolute Gasteiger partial charge is 0.748 e. The lowest BCUT2D eigenvalue weighted by Crippen LogP contribution is -2.28. The van der Waals surface area contributed by atoms with Gasteiger partial charge < -0.3 is 18.8 Å². The Balaban J connectivity index is 1.94. The summed E-state index contributed by atoms with van der Waals surface area (Å²) in [7, 11) is -4.12. The van der Waals surface area contributed by atoms with Crippen LogP contribution in [0.25, 0.3) is 0 Å². The van der Waals surface area contributed by atoms with Gasteiger partial charge in [-0.1, -0.05) is 71.1 Å². The third kappa shape index (κ3) is 15.3. The van der Waals surface area contributed by atoms with Crippen LogP contribution in [0.2, 0.25) is 0 Å². The summed E-state index contributed by atoms with van der Waals surface area (Å²) in [5.41, 5.74) is 0. The number of unbranched alkanes of at least 4 members (excludes halogenated alkanes) is 11. The highest BCUT2D eigenvalue weighted by molar-refractivity contribution is 7.85. The van der Waals surface area contributed by atoms with Gasteiger partial charge in [0.05, 0.1) is 23.3 Å². The molecule has 29 heavy (non-hydrogen) atoms. The van der Waals surface area contributed by atoms with E-state index >= 15 is 0 Å².